The Morgan fingerprint density at radius 1 is 1.44 bits per heavy atom. The fourth-order valence-electron chi connectivity index (χ4n) is 1.15. The fourth-order valence-corrected chi connectivity index (χ4v) is 1.15. The quantitative estimate of drug-likeness (QED) is 0.715. The lowest BCUT2D eigenvalue weighted by Crippen LogP contribution is -2.09. The van der Waals surface area contributed by atoms with Crippen LogP contribution >= 0.6 is 0 Å². The van der Waals surface area contributed by atoms with Crippen LogP contribution in [0.15, 0.2) is 29.3 Å². The van der Waals surface area contributed by atoms with Gasteiger partial charge in [-0.15, -0.1) is 0 Å². The number of hydrogen-bond acceptors (Lipinski definition) is 3. The molecule has 0 saturated heterocycles. The van der Waals surface area contributed by atoms with Crippen molar-refractivity contribution < 1.29 is 10.9 Å². The Morgan fingerprint density at radius 3 is 2.69 bits per heavy atom. The van der Waals surface area contributed by atoms with Gasteiger partial charge in [0.25, 0.3) is 0 Å². The number of aliphatic imine (C=N–C) groups is 1. The SMILES string of the molecule is [2H]CN=C(C)c1ccc(OCC(=O)CC)cc1. The van der Waals surface area contributed by atoms with Gasteiger partial charge < -0.3 is 4.74 Å². The second-order valence-electron chi connectivity index (χ2n) is 3.45. The summed E-state index contributed by atoms with van der Waals surface area (Å²) in [7, 11) is 0.0368. The van der Waals surface area contributed by atoms with E-state index in [9.17, 15) is 4.79 Å². The molecule has 3 heteroatoms. The summed E-state index contributed by atoms with van der Waals surface area (Å²) in [5, 5.41) is 0. The summed E-state index contributed by atoms with van der Waals surface area (Å²) in [4.78, 5) is 15.1. The molecule has 1 rings (SSSR count). The monoisotopic (exact) mass is 220 g/mol. The van der Waals surface area contributed by atoms with E-state index in [-0.39, 0.29) is 19.4 Å². The van der Waals surface area contributed by atoms with Gasteiger partial charge in [0.15, 0.2) is 5.78 Å². The van der Waals surface area contributed by atoms with Gasteiger partial charge in [-0.05, 0) is 36.8 Å². The van der Waals surface area contributed by atoms with Gasteiger partial charge >= 0.3 is 0 Å². The standard InChI is InChI=1S/C13H17NO2/c1-4-12(15)9-16-13-7-5-11(6-8-13)10(2)14-3/h5-8H,4,9H2,1-3H3/i3D. The second-order valence-corrected chi connectivity index (χ2v) is 3.45. The summed E-state index contributed by atoms with van der Waals surface area (Å²) < 4.78 is 12.3. The zero-order valence-electron chi connectivity index (χ0n) is 10.7. The van der Waals surface area contributed by atoms with E-state index in [0.717, 1.165) is 11.3 Å². The molecule has 0 aromatic heterocycles. The van der Waals surface area contributed by atoms with Gasteiger partial charge in [-0.1, -0.05) is 6.92 Å². The summed E-state index contributed by atoms with van der Waals surface area (Å²) in [6.45, 7) is 3.80. The van der Waals surface area contributed by atoms with Crippen LogP contribution in [-0.2, 0) is 4.79 Å². The van der Waals surface area contributed by atoms with Gasteiger partial charge in [0.05, 0.1) is 0 Å². The molecule has 0 unspecified atom stereocenters. The van der Waals surface area contributed by atoms with Gasteiger partial charge in [-0.3, -0.25) is 9.79 Å². The molecular formula is C13H17NO2. The van der Waals surface area contributed by atoms with Crippen molar-refractivity contribution in [2.75, 3.05) is 13.6 Å². The molecule has 86 valence electrons. The molecule has 0 aliphatic carbocycles. The van der Waals surface area contributed by atoms with E-state index in [1.54, 1.807) is 12.1 Å². The lowest BCUT2D eigenvalue weighted by atomic mass is 10.1. The minimum absolute atomic E-state index is 0.0368. The molecule has 0 heterocycles. The van der Waals surface area contributed by atoms with Crippen LogP contribution in [0.5, 0.6) is 5.75 Å². The molecule has 16 heavy (non-hydrogen) atoms. The highest BCUT2D eigenvalue weighted by molar-refractivity contribution is 5.98. The molecule has 0 aliphatic heterocycles. The Labute approximate surface area is 97.6 Å². The average Bonchev–Trinajstić information content (AvgIpc) is 2.36. The van der Waals surface area contributed by atoms with E-state index < -0.39 is 0 Å². The number of hydrogen-bond donors (Lipinski definition) is 0. The van der Waals surface area contributed by atoms with E-state index in [1.807, 2.05) is 26.0 Å². The van der Waals surface area contributed by atoms with Crippen molar-refractivity contribution in [3.63, 3.8) is 0 Å². The maximum absolute atomic E-state index is 11.1. The van der Waals surface area contributed by atoms with Crippen LogP contribution in [0, 0.1) is 0 Å². The molecule has 0 bridgehead atoms. The first-order valence-electron chi connectivity index (χ1n) is 5.93. The summed E-state index contributed by atoms with van der Waals surface area (Å²) in [5.74, 6) is 0.759. The topological polar surface area (TPSA) is 38.7 Å². The van der Waals surface area contributed by atoms with Crippen LogP contribution in [0.4, 0.5) is 0 Å². The molecule has 0 spiro atoms. The van der Waals surface area contributed by atoms with Crippen LogP contribution in [0.2, 0.25) is 0 Å². The van der Waals surface area contributed by atoms with Crippen molar-refractivity contribution in [3.05, 3.63) is 29.8 Å². The Morgan fingerprint density at radius 2 is 2.12 bits per heavy atom. The van der Waals surface area contributed by atoms with Crippen molar-refractivity contribution in [1.82, 2.24) is 0 Å². The molecule has 0 radical (unpaired) electrons. The van der Waals surface area contributed by atoms with Gasteiger partial charge in [-0.25, -0.2) is 0 Å². The summed E-state index contributed by atoms with van der Waals surface area (Å²) in [5.41, 5.74) is 1.79. The van der Waals surface area contributed by atoms with E-state index in [0.29, 0.717) is 12.2 Å². The predicted octanol–water partition coefficient (Wildman–Crippen LogP) is 2.48. The van der Waals surface area contributed by atoms with Crippen LogP contribution < -0.4 is 4.74 Å². The first-order chi connectivity index (χ1) is 8.17. The molecule has 0 N–H and O–H groups in total. The van der Waals surface area contributed by atoms with Crippen molar-refractivity contribution in [2.45, 2.75) is 20.3 Å². The highest BCUT2D eigenvalue weighted by Crippen LogP contribution is 2.12. The van der Waals surface area contributed by atoms with Gasteiger partial charge in [0.1, 0.15) is 12.4 Å². The fraction of sp³-hybridized carbons (Fsp3) is 0.385. The van der Waals surface area contributed by atoms with Crippen LogP contribution in [0.3, 0.4) is 0 Å². The molecule has 1 aromatic carbocycles. The highest BCUT2D eigenvalue weighted by atomic mass is 16.5. The van der Waals surface area contributed by atoms with Crippen molar-refractivity contribution in [2.24, 2.45) is 4.99 Å². The molecular weight excluding hydrogens is 202 g/mol. The number of ether oxygens (including phenoxy) is 1. The smallest absolute Gasteiger partial charge is 0.169 e. The number of benzene rings is 1. The third-order valence-electron chi connectivity index (χ3n) is 2.30. The first-order valence-corrected chi connectivity index (χ1v) is 5.22. The number of Topliss-reactive ketones (excluding diaryl/α,β-unsaturated/α-hetero) is 1. The Kier molecular flexibility index (Phi) is 4.11. The zero-order chi connectivity index (χ0) is 12.7. The number of carbonyl (C=O) groups is 1. The van der Waals surface area contributed by atoms with Crippen molar-refractivity contribution >= 4 is 11.5 Å². The molecule has 1 aromatic rings. The number of rotatable bonds is 5. The lowest BCUT2D eigenvalue weighted by Gasteiger charge is -2.05. The third kappa shape index (κ3) is 3.50. The normalized spacial score (nSPS) is 12.1. The number of ketones is 1. The third-order valence-corrected chi connectivity index (χ3v) is 2.30. The Bertz CT molecular complexity index is 398. The second kappa shape index (κ2) is 6.05. The highest BCUT2D eigenvalue weighted by Gasteiger charge is 2.01. The molecule has 0 aliphatic rings. The minimum Gasteiger partial charge on any atom is -0.486 e. The molecule has 0 amide bonds. The molecule has 0 atom stereocenters. The van der Waals surface area contributed by atoms with E-state index >= 15 is 0 Å². The number of nitrogens with zero attached hydrogens (tertiary/aromatic N) is 1. The minimum atomic E-state index is 0.0368. The first kappa shape index (κ1) is 10.9. The number of carbonyl (C=O) groups excluding carboxylic acids is 1. The van der Waals surface area contributed by atoms with Gasteiger partial charge in [-0.2, -0.15) is 0 Å². The molecule has 3 nitrogen and oxygen atoms in total. The maximum atomic E-state index is 11.1. The van der Waals surface area contributed by atoms with E-state index in [2.05, 4.69) is 4.99 Å². The lowest BCUT2D eigenvalue weighted by molar-refractivity contribution is -0.120. The van der Waals surface area contributed by atoms with Crippen LogP contribution in [0.25, 0.3) is 0 Å². The van der Waals surface area contributed by atoms with E-state index in [1.165, 1.54) is 0 Å². The molecule has 0 fully saturated rings. The van der Waals surface area contributed by atoms with Crippen LogP contribution in [0.1, 0.15) is 27.2 Å². The summed E-state index contributed by atoms with van der Waals surface area (Å²) in [6.07, 6.45) is 0.493. The van der Waals surface area contributed by atoms with E-state index in [4.69, 9.17) is 6.11 Å². The van der Waals surface area contributed by atoms with Crippen molar-refractivity contribution in [1.29, 1.82) is 0 Å². The van der Waals surface area contributed by atoms with Crippen LogP contribution in [-0.4, -0.2) is 25.1 Å². The average molecular weight is 220 g/mol. The van der Waals surface area contributed by atoms with Gasteiger partial charge in [0.2, 0.25) is 0 Å². The maximum Gasteiger partial charge on any atom is 0.169 e. The van der Waals surface area contributed by atoms with Gasteiger partial charge in [0, 0.05) is 20.5 Å². The summed E-state index contributed by atoms with van der Waals surface area (Å²) >= 11 is 0. The Balaban J connectivity index is 2.62. The predicted molar refractivity (Wildman–Crippen MR) is 65.4 cm³/mol. The largest absolute Gasteiger partial charge is 0.486 e. The Hall–Kier alpha value is -1.64. The van der Waals surface area contributed by atoms with Crippen molar-refractivity contribution in [3.8, 4) is 5.75 Å². The zero-order valence-corrected chi connectivity index (χ0v) is 9.69. The summed E-state index contributed by atoms with van der Waals surface area (Å²) in [6, 6.07) is 7.36. The molecule has 0 saturated carbocycles.